The molecule has 0 aliphatic carbocycles. The van der Waals surface area contributed by atoms with Crippen molar-refractivity contribution >= 4 is 5.69 Å². The molecule has 4 aromatic rings. The molecule has 1 fully saturated rings. The fraction of sp³-hybridized carbons (Fsp3) is 0.393. The molecule has 0 amide bonds. The van der Waals surface area contributed by atoms with Crippen molar-refractivity contribution in [3.63, 3.8) is 0 Å². The number of benzene rings is 2. The van der Waals surface area contributed by atoms with Crippen LogP contribution in [0.5, 0.6) is 5.75 Å². The summed E-state index contributed by atoms with van der Waals surface area (Å²) in [6, 6.07) is 13.0. The highest BCUT2D eigenvalue weighted by Crippen LogP contribution is 2.31. The Morgan fingerprint density at radius 2 is 1.81 bits per heavy atom. The Kier molecular flexibility index (Phi) is 6.76. The first-order chi connectivity index (χ1) is 17.4. The van der Waals surface area contributed by atoms with Gasteiger partial charge >= 0.3 is 0 Å². The van der Waals surface area contributed by atoms with Gasteiger partial charge in [0, 0.05) is 42.0 Å². The molecule has 1 N–H and O–H groups in total. The summed E-state index contributed by atoms with van der Waals surface area (Å²) in [4.78, 5) is 7.43. The predicted molar refractivity (Wildman–Crippen MR) is 140 cm³/mol. The molecule has 2 aromatic heterocycles. The zero-order valence-corrected chi connectivity index (χ0v) is 21.4. The largest absolute Gasteiger partial charge is 0.494 e. The lowest BCUT2D eigenvalue weighted by molar-refractivity contribution is 0.407. The second-order valence-electron chi connectivity index (χ2n) is 9.63. The van der Waals surface area contributed by atoms with Gasteiger partial charge in [0.1, 0.15) is 23.1 Å². The highest BCUT2D eigenvalue weighted by Gasteiger charge is 2.23. The minimum Gasteiger partial charge on any atom is -0.494 e. The summed E-state index contributed by atoms with van der Waals surface area (Å²) in [5.41, 5.74) is 6.05. The summed E-state index contributed by atoms with van der Waals surface area (Å²) in [6.07, 6.45) is 4.54. The number of aryl methyl sites for hydroxylation is 2. The maximum atomic E-state index is 14.0. The number of nitrogens with zero attached hydrogens (tertiary/aromatic N) is 5. The average Bonchev–Trinajstić information content (AvgIpc) is 3.48. The number of ether oxygens (including phenoxy) is 1. The minimum absolute atomic E-state index is 0.0311. The highest BCUT2D eigenvalue weighted by atomic mass is 19.1. The van der Waals surface area contributed by atoms with E-state index in [2.05, 4.69) is 46.3 Å². The molecule has 1 aliphatic heterocycles. The van der Waals surface area contributed by atoms with Gasteiger partial charge in [-0.1, -0.05) is 6.92 Å². The zero-order valence-electron chi connectivity index (χ0n) is 21.4. The second kappa shape index (κ2) is 10.1. The lowest BCUT2D eigenvalue weighted by Gasteiger charge is -2.28. The third-order valence-electron chi connectivity index (χ3n) is 7.08. The first-order valence-corrected chi connectivity index (χ1v) is 12.6. The van der Waals surface area contributed by atoms with Crippen LogP contribution in [-0.4, -0.2) is 45.2 Å². The van der Waals surface area contributed by atoms with Crippen LogP contribution >= 0.6 is 0 Å². The van der Waals surface area contributed by atoms with Crippen LogP contribution in [-0.2, 0) is 6.42 Å². The molecule has 1 saturated heterocycles. The molecule has 5 rings (SSSR count). The molecule has 3 heterocycles. The Morgan fingerprint density at radius 1 is 1.06 bits per heavy atom. The Labute approximate surface area is 211 Å². The van der Waals surface area contributed by atoms with E-state index in [1.165, 1.54) is 49.8 Å². The third kappa shape index (κ3) is 4.72. The third-order valence-corrected chi connectivity index (χ3v) is 7.08. The maximum absolute atomic E-state index is 14.0. The van der Waals surface area contributed by atoms with Crippen molar-refractivity contribution in [3.05, 3.63) is 71.1 Å². The molecular formula is C28H33FN6O. The molecule has 0 spiro atoms. The van der Waals surface area contributed by atoms with Crippen molar-refractivity contribution in [2.75, 3.05) is 25.1 Å². The normalized spacial score (nSPS) is 14.8. The number of aromatic amines is 1. The van der Waals surface area contributed by atoms with E-state index in [9.17, 15) is 4.39 Å². The molecule has 36 heavy (non-hydrogen) atoms. The topological polar surface area (TPSA) is 71.9 Å². The van der Waals surface area contributed by atoms with Crippen molar-refractivity contribution in [1.29, 1.82) is 0 Å². The van der Waals surface area contributed by atoms with Crippen LogP contribution in [0.4, 0.5) is 10.1 Å². The smallest absolute Gasteiger partial charge is 0.181 e. The summed E-state index contributed by atoms with van der Waals surface area (Å²) in [5, 5.41) is 12.3. The lowest BCUT2D eigenvalue weighted by atomic mass is 9.99. The number of halogens is 1. The van der Waals surface area contributed by atoms with Crippen LogP contribution in [0.25, 0.3) is 17.1 Å². The van der Waals surface area contributed by atoms with Crippen molar-refractivity contribution in [1.82, 2.24) is 25.0 Å². The van der Waals surface area contributed by atoms with Crippen LogP contribution < -0.4 is 9.64 Å². The molecule has 0 radical (unpaired) electrons. The SMILES string of the molecule is COc1cc(F)ccc1-n1nc(-c2ccc(N3CCCCC3)cc2)nc1C(C)Cc1c(C)n[nH]c1C. The summed E-state index contributed by atoms with van der Waals surface area (Å²) >= 11 is 0. The summed E-state index contributed by atoms with van der Waals surface area (Å²) < 4.78 is 21.3. The summed E-state index contributed by atoms with van der Waals surface area (Å²) in [7, 11) is 1.54. The number of H-pyrrole nitrogens is 1. The number of nitrogens with one attached hydrogen (secondary N) is 1. The van der Waals surface area contributed by atoms with Crippen molar-refractivity contribution < 1.29 is 9.13 Å². The average molecular weight is 489 g/mol. The summed E-state index contributed by atoms with van der Waals surface area (Å²) in [6.45, 7) is 8.38. The molecule has 2 aromatic carbocycles. The zero-order chi connectivity index (χ0) is 25.2. The van der Waals surface area contributed by atoms with E-state index < -0.39 is 0 Å². The maximum Gasteiger partial charge on any atom is 0.181 e. The van der Waals surface area contributed by atoms with Crippen molar-refractivity contribution in [2.24, 2.45) is 0 Å². The van der Waals surface area contributed by atoms with Gasteiger partial charge in [0.05, 0.1) is 12.8 Å². The van der Waals surface area contributed by atoms with Crippen LogP contribution in [0.1, 0.15) is 54.9 Å². The van der Waals surface area contributed by atoms with Gasteiger partial charge in [-0.3, -0.25) is 5.10 Å². The van der Waals surface area contributed by atoms with Crippen molar-refractivity contribution in [2.45, 2.75) is 52.4 Å². The van der Waals surface area contributed by atoms with Crippen LogP contribution in [0.2, 0.25) is 0 Å². The monoisotopic (exact) mass is 488 g/mol. The summed E-state index contributed by atoms with van der Waals surface area (Å²) in [5.74, 6) is 1.51. The van der Waals surface area contributed by atoms with Gasteiger partial charge in [-0.05, 0) is 81.5 Å². The second-order valence-corrected chi connectivity index (χ2v) is 9.63. The molecule has 8 heteroatoms. The van der Waals surface area contributed by atoms with E-state index >= 15 is 0 Å². The molecule has 1 atom stereocenters. The Bertz CT molecular complexity index is 1320. The number of piperidine rings is 1. The van der Waals surface area contributed by atoms with E-state index in [1.807, 2.05) is 13.8 Å². The minimum atomic E-state index is -0.358. The standard InChI is InChI=1S/C28H33FN6O/c1-18(16-24-19(2)31-32-20(24)3)28-30-27(33-35(28)25-13-10-22(29)17-26(25)36-4)21-8-11-23(12-9-21)34-14-6-5-7-15-34/h8-13,17-18H,5-7,14-16H2,1-4H3,(H,31,32). The Balaban J connectivity index is 1.54. The number of rotatable bonds is 7. The lowest BCUT2D eigenvalue weighted by Crippen LogP contribution is -2.29. The number of hydrogen-bond acceptors (Lipinski definition) is 5. The number of anilines is 1. The van der Waals surface area contributed by atoms with E-state index in [4.69, 9.17) is 14.8 Å². The first kappa shape index (κ1) is 24.0. The van der Waals surface area contributed by atoms with Gasteiger partial charge in [-0.25, -0.2) is 14.1 Å². The van der Waals surface area contributed by atoms with E-state index in [-0.39, 0.29) is 11.7 Å². The molecule has 188 valence electrons. The van der Waals surface area contributed by atoms with E-state index in [1.54, 1.807) is 10.7 Å². The van der Waals surface area contributed by atoms with Crippen LogP contribution in [0.15, 0.2) is 42.5 Å². The number of aromatic nitrogens is 5. The quantitative estimate of drug-likeness (QED) is 0.358. The molecular weight excluding hydrogens is 455 g/mol. The van der Waals surface area contributed by atoms with Gasteiger partial charge in [-0.2, -0.15) is 5.10 Å². The van der Waals surface area contributed by atoms with E-state index in [0.29, 0.717) is 17.3 Å². The molecule has 1 unspecified atom stereocenters. The van der Waals surface area contributed by atoms with Gasteiger partial charge in [0.15, 0.2) is 5.82 Å². The van der Waals surface area contributed by atoms with Gasteiger partial charge in [0.25, 0.3) is 0 Å². The van der Waals surface area contributed by atoms with Crippen LogP contribution in [0.3, 0.4) is 0 Å². The fourth-order valence-corrected chi connectivity index (χ4v) is 5.01. The van der Waals surface area contributed by atoms with Gasteiger partial charge < -0.3 is 9.64 Å². The number of methoxy groups -OCH3 is 1. The predicted octanol–water partition coefficient (Wildman–Crippen LogP) is 5.76. The highest BCUT2D eigenvalue weighted by molar-refractivity contribution is 5.61. The molecule has 0 bridgehead atoms. The van der Waals surface area contributed by atoms with Crippen LogP contribution in [0, 0.1) is 19.7 Å². The van der Waals surface area contributed by atoms with Gasteiger partial charge in [-0.15, -0.1) is 5.10 Å². The fourth-order valence-electron chi connectivity index (χ4n) is 5.01. The number of hydrogen-bond donors (Lipinski definition) is 1. The molecule has 0 saturated carbocycles. The molecule has 1 aliphatic rings. The first-order valence-electron chi connectivity index (χ1n) is 12.6. The van der Waals surface area contributed by atoms with Gasteiger partial charge in [0.2, 0.25) is 0 Å². The van der Waals surface area contributed by atoms with E-state index in [0.717, 1.165) is 42.3 Å². The molecule has 7 nitrogen and oxygen atoms in total. The Morgan fingerprint density at radius 3 is 2.47 bits per heavy atom. The Hall–Kier alpha value is -3.68. The van der Waals surface area contributed by atoms with Crippen molar-refractivity contribution in [3.8, 4) is 22.8 Å².